The molecule has 0 aliphatic carbocycles. The number of nitrogens with zero attached hydrogens (tertiary/aromatic N) is 2. The number of nitriles is 1. The fraction of sp³-hybridized carbons (Fsp3) is 0.0741. The van der Waals surface area contributed by atoms with Crippen molar-refractivity contribution in [2.75, 3.05) is 5.32 Å². The molecule has 1 amide bonds. The molecule has 0 aliphatic rings. The Kier molecular flexibility index (Phi) is 5.21. The van der Waals surface area contributed by atoms with Crippen molar-refractivity contribution in [3.63, 3.8) is 0 Å². The van der Waals surface area contributed by atoms with Crippen LogP contribution in [0.1, 0.15) is 16.8 Å². The lowest BCUT2D eigenvalue weighted by molar-refractivity contribution is -0.115. The van der Waals surface area contributed by atoms with E-state index in [1.165, 1.54) is 0 Å². The fourth-order valence-corrected chi connectivity index (χ4v) is 3.85. The molecule has 2 aromatic heterocycles. The lowest BCUT2D eigenvalue weighted by atomic mass is 9.98. The minimum absolute atomic E-state index is 0.0106. The van der Waals surface area contributed by atoms with Gasteiger partial charge in [0.25, 0.3) is 0 Å². The summed E-state index contributed by atoms with van der Waals surface area (Å²) in [4.78, 5) is 12.9. The van der Waals surface area contributed by atoms with Crippen LogP contribution >= 0.6 is 0 Å². The van der Waals surface area contributed by atoms with Gasteiger partial charge in [-0.3, -0.25) is 10.1 Å². The summed E-state index contributed by atoms with van der Waals surface area (Å²) >= 11 is 0. The van der Waals surface area contributed by atoms with Crippen molar-refractivity contribution in [1.82, 2.24) is 5.16 Å². The number of carbonyl (C=O) groups is 1. The molecule has 0 atom stereocenters. The maximum atomic E-state index is 12.9. The number of nitrogens with one attached hydrogen (secondary N) is 1. The van der Waals surface area contributed by atoms with E-state index in [0.717, 1.165) is 22.1 Å². The number of furan rings is 1. The van der Waals surface area contributed by atoms with Crippen molar-refractivity contribution in [1.29, 1.82) is 5.26 Å². The van der Waals surface area contributed by atoms with Crippen LogP contribution in [0.15, 0.2) is 87.8 Å². The van der Waals surface area contributed by atoms with Crippen molar-refractivity contribution in [3.8, 4) is 28.5 Å². The average Bonchev–Trinajstić information content (AvgIpc) is 3.41. The van der Waals surface area contributed by atoms with E-state index < -0.39 is 0 Å². The molecule has 3 aromatic carbocycles. The summed E-state index contributed by atoms with van der Waals surface area (Å²) in [6.45, 7) is 1.97. The van der Waals surface area contributed by atoms with Gasteiger partial charge in [-0.2, -0.15) is 5.26 Å². The maximum absolute atomic E-state index is 12.9. The third-order valence-corrected chi connectivity index (χ3v) is 5.40. The number of benzene rings is 3. The first-order valence-electron chi connectivity index (χ1n) is 10.5. The second kappa shape index (κ2) is 8.48. The van der Waals surface area contributed by atoms with E-state index in [1.54, 1.807) is 0 Å². The van der Waals surface area contributed by atoms with Crippen molar-refractivity contribution >= 4 is 22.8 Å². The van der Waals surface area contributed by atoms with Crippen LogP contribution in [-0.4, -0.2) is 11.1 Å². The molecule has 0 bridgehead atoms. The van der Waals surface area contributed by atoms with Crippen molar-refractivity contribution in [3.05, 3.63) is 95.7 Å². The summed E-state index contributed by atoms with van der Waals surface area (Å²) < 4.78 is 11.4. The number of hydrogen-bond acceptors (Lipinski definition) is 5. The SMILES string of the molecule is Cc1ccc2onc(CC(=O)Nc3oc(-c4ccccc4)c(-c4ccccc4)c3C#N)c2c1. The molecular formula is C27H19N3O3. The zero-order valence-electron chi connectivity index (χ0n) is 17.8. The van der Waals surface area contributed by atoms with E-state index in [9.17, 15) is 10.1 Å². The molecule has 0 spiro atoms. The number of anilines is 1. The molecule has 0 aliphatic heterocycles. The van der Waals surface area contributed by atoms with Crippen LogP contribution in [-0.2, 0) is 11.2 Å². The molecule has 6 nitrogen and oxygen atoms in total. The lowest BCUT2D eigenvalue weighted by Crippen LogP contribution is -2.15. The molecule has 2 heterocycles. The van der Waals surface area contributed by atoms with Gasteiger partial charge in [-0.05, 0) is 24.6 Å². The van der Waals surface area contributed by atoms with Gasteiger partial charge >= 0.3 is 0 Å². The molecule has 0 saturated carbocycles. The number of carbonyl (C=O) groups excluding carboxylic acids is 1. The molecule has 5 aromatic rings. The summed E-state index contributed by atoms with van der Waals surface area (Å²) in [7, 11) is 0. The van der Waals surface area contributed by atoms with E-state index in [-0.39, 0.29) is 23.8 Å². The van der Waals surface area contributed by atoms with Crippen LogP contribution in [0.2, 0.25) is 0 Å². The maximum Gasteiger partial charge on any atom is 0.232 e. The highest BCUT2D eigenvalue weighted by Gasteiger charge is 2.24. The van der Waals surface area contributed by atoms with Gasteiger partial charge in [-0.25, -0.2) is 0 Å². The van der Waals surface area contributed by atoms with Crippen LogP contribution in [0.25, 0.3) is 33.4 Å². The summed E-state index contributed by atoms with van der Waals surface area (Å²) in [5.41, 5.74) is 4.75. The fourth-order valence-electron chi connectivity index (χ4n) is 3.85. The minimum Gasteiger partial charge on any atom is -0.438 e. The smallest absolute Gasteiger partial charge is 0.232 e. The summed E-state index contributed by atoms with van der Waals surface area (Å²) in [6, 6.07) is 26.9. The first kappa shape index (κ1) is 20.3. The van der Waals surface area contributed by atoms with E-state index in [1.807, 2.05) is 85.8 Å². The largest absolute Gasteiger partial charge is 0.438 e. The second-order valence-corrected chi connectivity index (χ2v) is 7.71. The van der Waals surface area contributed by atoms with Gasteiger partial charge in [0.15, 0.2) is 5.58 Å². The third kappa shape index (κ3) is 3.88. The van der Waals surface area contributed by atoms with Crippen LogP contribution in [0.5, 0.6) is 0 Å². The van der Waals surface area contributed by atoms with E-state index in [2.05, 4.69) is 16.5 Å². The highest BCUT2D eigenvalue weighted by Crippen LogP contribution is 2.41. The number of hydrogen-bond donors (Lipinski definition) is 1. The Morgan fingerprint density at radius 1 is 1.00 bits per heavy atom. The Balaban J connectivity index is 1.53. The number of rotatable bonds is 5. The molecular weight excluding hydrogens is 414 g/mol. The van der Waals surface area contributed by atoms with E-state index >= 15 is 0 Å². The highest BCUT2D eigenvalue weighted by atomic mass is 16.5. The zero-order valence-corrected chi connectivity index (χ0v) is 17.8. The second-order valence-electron chi connectivity index (χ2n) is 7.71. The molecule has 6 heteroatoms. The average molecular weight is 433 g/mol. The number of amides is 1. The minimum atomic E-state index is -0.351. The quantitative estimate of drug-likeness (QED) is 0.361. The molecule has 0 fully saturated rings. The first-order chi connectivity index (χ1) is 16.1. The van der Waals surface area contributed by atoms with Crippen molar-refractivity contribution < 1.29 is 13.7 Å². The Morgan fingerprint density at radius 3 is 2.39 bits per heavy atom. The topological polar surface area (TPSA) is 92.1 Å². The van der Waals surface area contributed by atoms with Crippen molar-refractivity contribution in [2.45, 2.75) is 13.3 Å². The van der Waals surface area contributed by atoms with Crippen molar-refractivity contribution in [2.24, 2.45) is 0 Å². The Bertz CT molecular complexity index is 1490. The first-order valence-corrected chi connectivity index (χ1v) is 10.5. The molecule has 5 rings (SSSR count). The third-order valence-electron chi connectivity index (χ3n) is 5.40. The molecule has 0 unspecified atom stereocenters. The summed E-state index contributed by atoms with van der Waals surface area (Å²) in [5.74, 6) is 0.288. The number of aryl methyl sites for hydroxylation is 1. The lowest BCUT2D eigenvalue weighted by Gasteiger charge is -2.03. The van der Waals surface area contributed by atoms with Gasteiger partial charge in [0, 0.05) is 16.5 Å². The van der Waals surface area contributed by atoms with Gasteiger partial charge in [0.1, 0.15) is 23.1 Å². The standard InChI is InChI=1S/C27H19N3O3/c1-17-12-13-23-20(14-17)22(30-33-23)15-24(31)29-27-21(16-28)25(18-8-4-2-5-9-18)26(32-27)19-10-6-3-7-11-19/h2-14H,15H2,1H3,(H,29,31). The van der Waals surface area contributed by atoms with Gasteiger partial charge in [0.2, 0.25) is 11.8 Å². The monoisotopic (exact) mass is 433 g/mol. The molecule has 1 N–H and O–H groups in total. The van der Waals surface area contributed by atoms with Gasteiger partial charge in [-0.15, -0.1) is 0 Å². The number of aromatic nitrogens is 1. The van der Waals surface area contributed by atoms with Gasteiger partial charge in [0.05, 0.1) is 6.42 Å². The predicted molar refractivity (Wildman–Crippen MR) is 125 cm³/mol. The van der Waals surface area contributed by atoms with Crippen LogP contribution in [0.4, 0.5) is 5.88 Å². The zero-order chi connectivity index (χ0) is 22.8. The Labute approximate surface area is 190 Å². The number of fused-ring (bicyclic) bond motifs is 1. The van der Waals surface area contributed by atoms with E-state index in [0.29, 0.717) is 22.6 Å². The highest BCUT2D eigenvalue weighted by molar-refractivity contribution is 5.97. The Hall–Kier alpha value is -4.63. The normalized spacial score (nSPS) is 10.8. The van der Waals surface area contributed by atoms with Crippen LogP contribution < -0.4 is 5.32 Å². The molecule has 33 heavy (non-hydrogen) atoms. The van der Waals surface area contributed by atoms with E-state index in [4.69, 9.17) is 8.94 Å². The molecule has 0 radical (unpaired) electrons. The Morgan fingerprint density at radius 2 is 1.70 bits per heavy atom. The predicted octanol–water partition coefficient (Wildman–Crippen LogP) is 6.12. The van der Waals surface area contributed by atoms with Gasteiger partial charge < -0.3 is 8.94 Å². The summed E-state index contributed by atoms with van der Waals surface area (Å²) in [5, 5.41) is 17.6. The molecule has 160 valence electrons. The van der Waals surface area contributed by atoms with Gasteiger partial charge in [-0.1, -0.05) is 77.5 Å². The van der Waals surface area contributed by atoms with Crippen LogP contribution in [0, 0.1) is 18.3 Å². The summed E-state index contributed by atoms with van der Waals surface area (Å²) in [6.07, 6.45) is -0.0106. The van der Waals surface area contributed by atoms with Crippen LogP contribution in [0.3, 0.4) is 0 Å². The molecule has 0 saturated heterocycles.